The third-order valence-electron chi connectivity index (χ3n) is 2.81. The maximum absolute atomic E-state index is 13.2. The van der Waals surface area contributed by atoms with Crippen molar-refractivity contribution in [3.05, 3.63) is 47.2 Å². The number of ether oxygens (including phenoxy) is 2. The lowest BCUT2D eigenvalue weighted by Gasteiger charge is -2.12. The molecule has 0 aliphatic carbocycles. The summed E-state index contributed by atoms with van der Waals surface area (Å²) in [6, 6.07) is 9.36. The van der Waals surface area contributed by atoms with Crippen molar-refractivity contribution in [2.75, 3.05) is 17.4 Å². The van der Waals surface area contributed by atoms with Gasteiger partial charge >= 0.3 is 0 Å². The van der Waals surface area contributed by atoms with Gasteiger partial charge in [-0.05, 0) is 42.5 Å². The van der Waals surface area contributed by atoms with E-state index in [4.69, 9.17) is 33.3 Å². The maximum Gasteiger partial charge on any atom is 0.231 e. The molecule has 0 unspecified atom stereocenters. The van der Waals surface area contributed by atoms with Crippen LogP contribution < -0.4 is 20.1 Å². The van der Waals surface area contributed by atoms with Gasteiger partial charge in [0.15, 0.2) is 16.6 Å². The molecule has 0 amide bonds. The maximum atomic E-state index is 13.2. The minimum absolute atomic E-state index is 0.209. The van der Waals surface area contributed by atoms with E-state index in [2.05, 4.69) is 10.6 Å². The van der Waals surface area contributed by atoms with Crippen molar-refractivity contribution in [2.24, 2.45) is 0 Å². The van der Waals surface area contributed by atoms with E-state index in [1.54, 1.807) is 18.2 Å². The molecule has 0 spiro atoms. The summed E-state index contributed by atoms with van der Waals surface area (Å²) < 4.78 is 23.7. The van der Waals surface area contributed by atoms with Crippen molar-refractivity contribution >= 4 is 40.3 Å². The van der Waals surface area contributed by atoms with Crippen LogP contribution in [0, 0.1) is 5.82 Å². The lowest BCUT2D eigenvalue weighted by molar-refractivity contribution is 0.174. The van der Waals surface area contributed by atoms with Crippen LogP contribution in [0.1, 0.15) is 0 Å². The first-order chi connectivity index (χ1) is 10.1. The Morgan fingerprint density at radius 3 is 2.76 bits per heavy atom. The van der Waals surface area contributed by atoms with E-state index in [1.165, 1.54) is 18.2 Å². The molecule has 0 saturated heterocycles. The van der Waals surface area contributed by atoms with E-state index in [0.29, 0.717) is 27.3 Å². The average Bonchev–Trinajstić information content (AvgIpc) is 2.90. The Hall–Kier alpha value is -2.05. The Morgan fingerprint density at radius 1 is 1.10 bits per heavy atom. The number of nitrogens with one attached hydrogen (secondary N) is 2. The van der Waals surface area contributed by atoms with Crippen LogP contribution in [-0.2, 0) is 0 Å². The van der Waals surface area contributed by atoms with Crippen LogP contribution in [0.25, 0.3) is 0 Å². The van der Waals surface area contributed by atoms with E-state index in [0.717, 1.165) is 5.69 Å². The van der Waals surface area contributed by atoms with Crippen LogP contribution in [0.15, 0.2) is 36.4 Å². The molecule has 108 valence electrons. The highest BCUT2D eigenvalue weighted by molar-refractivity contribution is 7.80. The molecule has 0 atom stereocenters. The highest BCUT2D eigenvalue weighted by atomic mass is 35.5. The minimum Gasteiger partial charge on any atom is -0.454 e. The van der Waals surface area contributed by atoms with Crippen molar-refractivity contribution in [1.82, 2.24) is 0 Å². The van der Waals surface area contributed by atoms with Crippen LogP contribution in [0.3, 0.4) is 0 Å². The molecule has 2 aromatic rings. The van der Waals surface area contributed by atoms with Gasteiger partial charge in [-0.3, -0.25) is 0 Å². The number of anilines is 2. The Bertz CT molecular complexity index is 711. The SMILES string of the molecule is Fc1ccc(Cl)c(NC(=S)Nc2ccc3c(c2)OCO3)c1. The second kappa shape index (κ2) is 5.75. The topological polar surface area (TPSA) is 42.5 Å². The van der Waals surface area contributed by atoms with E-state index in [-0.39, 0.29) is 6.79 Å². The summed E-state index contributed by atoms with van der Waals surface area (Å²) in [7, 11) is 0. The van der Waals surface area contributed by atoms with Crippen molar-refractivity contribution in [1.29, 1.82) is 0 Å². The Morgan fingerprint density at radius 2 is 1.90 bits per heavy atom. The largest absolute Gasteiger partial charge is 0.454 e. The molecule has 3 rings (SSSR count). The van der Waals surface area contributed by atoms with Crippen molar-refractivity contribution in [3.8, 4) is 11.5 Å². The van der Waals surface area contributed by atoms with Gasteiger partial charge in [-0.15, -0.1) is 0 Å². The van der Waals surface area contributed by atoms with E-state index < -0.39 is 5.82 Å². The van der Waals surface area contributed by atoms with Gasteiger partial charge in [0.1, 0.15) is 5.82 Å². The molecule has 0 fully saturated rings. The van der Waals surface area contributed by atoms with Crippen molar-refractivity contribution < 1.29 is 13.9 Å². The number of hydrogen-bond donors (Lipinski definition) is 2. The number of rotatable bonds is 2. The van der Waals surface area contributed by atoms with Gasteiger partial charge in [-0.1, -0.05) is 11.6 Å². The fraction of sp³-hybridized carbons (Fsp3) is 0.0714. The monoisotopic (exact) mass is 324 g/mol. The molecule has 4 nitrogen and oxygen atoms in total. The molecule has 1 aliphatic heterocycles. The zero-order valence-corrected chi connectivity index (χ0v) is 12.2. The molecule has 2 aromatic carbocycles. The molecule has 0 bridgehead atoms. The first-order valence-corrected chi connectivity index (χ1v) is 6.83. The van der Waals surface area contributed by atoms with Gasteiger partial charge in [-0.2, -0.15) is 0 Å². The van der Waals surface area contributed by atoms with Crippen LogP contribution in [0.4, 0.5) is 15.8 Å². The first-order valence-electron chi connectivity index (χ1n) is 6.04. The molecule has 0 radical (unpaired) electrons. The van der Waals surface area contributed by atoms with Crippen LogP contribution >= 0.6 is 23.8 Å². The molecule has 21 heavy (non-hydrogen) atoms. The summed E-state index contributed by atoms with van der Waals surface area (Å²) in [6.07, 6.45) is 0. The number of benzene rings is 2. The molecular formula is C14H10ClFN2O2S. The fourth-order valence-corrected chi connectivity index (χ4v) is 2.24. The molecule has 2 N–H and O–H groups in total. The summed E-state index contributed by atoms with van der Waals surface area (Å²) in [5, 5.41) is 6.49. The second-order valence-corrected chi connectivity index (χ2v) is 5.09. The van der Waals surface area contributed by atoms with Crippen LogP contribution in [0.5, 0.6) is 11.5 Å². The predicted molar refractivity (Wildman–Crippen MR) is 83.8 cm³/mol. The Kier molecular flexibility index (Phi) is 3.81. The summed E-state index contributed by atoms with van der Waals surface area (Å²) in [4.78, 5) is 0. The average molecular weight is 325 g/mol. The smallest absolute Gasteiger partial charge is 0.231 e. The number of hydrogen-bond acceptors (Lipinski definition) is 3. The molecule has 1 heterocycles. The zero-order valence-electron chi connectivity index (χ0n) is 10.7. The highest BCUT2D eigenvalue weighted by Gasteiger charge is 2.13. The second-order valence-electron chi connectivity index (χ2n) is 4.27. The predicted octanol–water partition coefficient (Wildman–Crippen LogP) is 4.02. The summed E-state index contributed by atoms with van der Waals surface area (Å²) in [6.45, 7) is 0.209. The van der Waals surface area contributed by atoms with Gasteiger partial charge in [0, 0.05) is 11.8 Å². The Labute approximate surface area is 130 Å². The lowest BCUT2D eigenvalue weighted by atomic mass is 10.3. The zero-order chi connectivity index (χ0) is 14.8. The highest BCUT2D eigenvalue weighted by Crippen LogP contribution is 2.34. The summed E-state index contributed by atoms with van der Waals surface area (Å²) in [5.74, 6) is 0.937. The fourth-order valence-electron chi connectivity index (χ4n) is 1.85. The van der Waals surface area contributed by atoms with E-state index in [1.807, 2.05) is 0 Å². The van der Waals surface area contributed by atoms with E-state index >= 15 is 0 Å². The van der Waals surface area contributed by atoms with Crippen LogP contribution in [-0.4, -0.2) is 11.9 Å². The number of thiocarbonyl (C=S) groups is 1. The van der Waals surface area contributed by atoms with Gasteiger partial charge in [-0.25, -0.2) is 4.39 Å². The molecule has 7 heteroatoms. The third kappa shape index (κ3) is 3.17. The first kappa shape index (κ1) is 13.9. The van der Waals surface area contributed by atoms with Crippen molar-refractivity contribution in [3.63, 3.8) is 0 Å². The standard InChI is InChI=1S/C14H10ClFN2O2S/c15-10-3-1-8(16)5-11(10)18-14(21)17-9-2-4-12-13(6-9)20-7-19-12/h1-6H,7H2,(H2,17,18,21). The summed E-state index contributed by atoms with van der Waals surface area (Å²) >= 11 is 11.1. The molecular weight excluding hydrogens is 315 g/mol. The van der Waals surface area contributed by atoms with Gasteiger partial charge in [0.25, 0.3) is 0 Å². The third-order valence-corrected chi connectivity index (χ3v) is 3.34. The van der Waals surface area contributed by atoms with Gasteiger partial charge < -0.3 is 20.1 Å². The number of fused-ring (bicyclic) bond motifs is 1. The normalized spacial score (nSPS) is 12.1. The van der Waals surface area contributed by atoms with Crippen LogP contribution in [0.2, 0.25) is 5.02 Å². The number of halogens is 2. The quantitative estimate of drug-likeness (QED) is 0.817. The van der Waals surface area contributed by atoms with Gasteiger partial charge in [0.05, 0.1) is 10.7 Å². The molecule has 0 aromatic heterocycles. The van der Waals surface area contributed by atoms with Crippen molar-refractivity contribution in [2.45, 2.75) is 0 Å². The van der Waals surface area contributed by atoms with E-state index in [9.17, 15) is 4.39 Å². The summed E-state index contributed by atoms with van der Waals surface area (Å²) in [5.41, 5.74) is 1.12. The van der Waals surface area contributed by atoms with Gasteiger partial charge in [0.2, 0.25) is 6.79 Å². The molecule has 0 saturated carbocycles. The lowest BCUT2D eigenvalue weighted by Crippen LogP contribution is -2.19. The minimum atomic E-state index is -0.396. The molecule has 1 aliphatic rings. The Balaban J connectivity index is 1.70.